The highest BCUT2D eigenvalue weighted by Crippen LogP contribution is 2.62. The molecule has 1 aliphatic heterocycles. The summed E-state index contributed by atoms with van der Waals surface area (Å²) in [6.45, 7) is 11.7. The van der Waals surface area contributed by atoms with Crippen molar-refractivity contribution in [1.82, 2.24) is 5.32 Å². The molecule has 0 spiro atoms. The molecule has 1 unspecified atom stereocenters. The summed E-state index contributed by atoms with van der Waals surface area (Å²) < 4.78 is 5.35. The third-order valence-electron chi connectivity index (χ3n) is 4.81. The van der Waals surface area contributed by atoms with E-state index >= 15 is 0 Å². The molecule has 15 heavy (non-hydrogen) atoms. The van der Waals surface area contributed by atoms with E-state index in [1.54, 1.807) is 0 Å². The van der Waals surface area contributed by atoms with E-state index in [0.29, 0.717) is 23.5 Å². The Kier molecular flexibility index (Phi) is 2.42. The van der Waals surface area contributed by atoms with E-state index in [-0.39, 0.29) is 5.54 Å². The van der Waals surface area contributed by atoms with Gasteiger partial charge in [0.1, 0.15) is 0 Å². The smallest absolute Gasteiger partial charge is 0.0659 e. The van der Waals surface area contributed by atoms with Gasteiger partial charge in [-0.1, -0.05) is 27.7 Å². The summed E-state index contributed by atoms with van der Waals surface area (Å²) in [5.74, 6) is 0. The molecular weight excluding hydrogens is 188 g/mol. The molecule has 3 heteroatoms. The zero-order chi connectivity index (χ0) is 11.3. The van der Waals surface area contributed by atoms with Gasteiger partial charge < -0.3 is 15.8 Å². The number of nitrogens with two attached hydrogens (primary N) is 1. The number of nitrogens with one attached hydrogen (secondary N) is 1. The third-order valence-corrected chi connectivity index (χ3v) is 4.81. The Morgan fingerprint density at radius 2 is 1.87 bits per heavy atom. The number of hydrogen-bond acceptors (Lipinski definition) is 3. The molecule has 0 bridgehead atoms. The van der Waals surface area contributed by atoms with Gasteiger partial charge in [-0.15, -0.1) is 0 Å². The van der Waals surface area contributed by atoms with Gasteiger partial charge in [-0.05, 0) is 17.3 Å². The molecule has 1 heterocycles. The minimum Gasteiger partial charge on any atom is -0.379 e. The lowest BCUT2D eigenvalue weighted by molar-refractivity contribution is 0.176. The molecule has 1 saturated carbocycles. The van der Waals surface area contributed by atoms with Crippen molar-refractivity contribution in [3.63, 3.8) is 0 Å². The fourth-order valence-corrected chi connectivity index (χ4v) is 2.77. The van der Waals surface area contributed by atoms with E-state index in [0.717, 1.165) is 19.6 Å². The van der Waals surface area contributed by atoms with E-state index in [9.17, 15) is 0 Å². The molecule has 1 aliphatic carbocycles. The molecule has 0 amide bonds. The van der Waals surface area contributed by atoms with Crippen molar-refractivity contribution < 1.29 is 4.74 Å². The fourth-order valence-electron chi connectivity index (χ4n) is 2.77. The first-order chi connectivity index (χ1) is 6.80. The van der Waals surface area contributed by atoms with Gasteiger partial charge in [-0.25, -0.2) is 0 Å². The minimum absolute atomic E-state index is 0.130. The van der Waals surface area contributed by atoms with Crippen LogP contribution in [-0.4, -0.2) is 31.3 Å². The first-order valence-corrected chi connectivity index (χ1v) is 5.90. The zero-order valence-corrected chi connectivity index (χ0v) is 10.4. The van der Waals surface area contributed by atoms with Crippen molar-refractivity contribution in [3.8, 4) is 0 Å². The van der Waals surface area contributed by atoms with Crippen molar-refractivity contribution >= 4 is 0 Å². The minimum atomic E-state index is -0.130. The van der Waals surface area contributed by atoms with Gasteiger partial charge in [0, 0.05) is 19.2 Å². The summed E-state index contributed by atoms with van der Waals surface area (Å²) in [7, 11) is 0. The Labute approximate surface area is 92.7 Å². The molecule has 0 radical (unpaired) electrons. The average molecular weight is 212 g/mol. The van der Waals surface area contributed by atoms with E-state index in [1.165, 1.54) is 0 Å². The molecule has 1 saturated heterocycles. The Morgan fingerprint density at radius 1 is 1.27 bits per heavy atom. The van der Waals surface area contributed by atoms with Gasteiger partial charge in [0.05, 0.1) is 12.1 Å². The molecule has 0 aromatic carbocycles. The molecule has 2 rings (SSSR count). The van der Waals surface area contributed by atoms with Crippen LogP contribution in [0.15, 0.2) is 0 Å². The molecule has 0 aromatic heterocycles. The monoisotopic (exact) mass is 212 g/mol. The molecule has 2 fully saturated rings. The van der Waals surface area contributed by atoms with Crippen LogP contribution in [0, 0.1) is 10.8 Å². The van der Waals surface area contributed by atoms with Gasteiger partial charge >= 0.3 is 0 Å². The van der Waals surface area contributed by atoms with E-state index in [4.69, 9.17) is 10.5 Å². The summed E-state index contributed by atoms with van der Waals surface area (Å²) in [6, 6.07) is 0.589. The maximum Gasteiger partial charge on any atom is 0.0659 e. The van der Waals surface area contributed by atoms with Gasteiger partial charge in [0.2, 0.25) is 0 Å². The van der Waals surface area contributed by atoms with Gasteiger partial charge in [0.25, 0.3) is 0 Å². The van der Waals surface area contributed by atoms with Crippen LogP contribution in [0.5, 0.6) is 0 Å². The predicted molar refractivity (Wildman–Crippen MR) is 61.7 cm³/mol. The summed E-state index contributed by atoms with van der Waals surface area (Å²) >= 11 is 0. The lowest BCUT2D eigenvalue weighted by Crippen LogP contribution is -2.50. The second-order valence-electron chi connectivity index (χ2n) is 6.42. The molecular formula is C12H24N2O. The lowest BCUT2D eigenvalue weighted by Gasteiger charge is -2.22. The molecule has 2 aliphatic rings. The fraction of sp³-hybridized carbons (Fsp3) is 1.00. The summed E-state index contributed by atoms with van der Waals surface area (Å²) in [5, 5.41) is 3.61. The van der Waals surface area contributed by atoms with Crippen LogP contribution in [-0.2, 0) is 4.74 Å². The van der Waals surface area contributed by atoms with Crippen LogP contribution in [0.2, 0.25) is 0 Å². The van der Waals surface area contributed by atoms with Crippen LogP contribution in [0.25, 0.3) is 0 Å². The normalized spacial score (nSPS) is 38.2. The summed E-state index contributed by atoms with van der Waals surface area (Å²) in [6.07, 6.45) is 0.980. The van der Waals surface area contributed by atoms with Crippen LogP contribution in [0.1, 0.15) is 34.1 Å². The highest BCUT2D eigenvalue weighted by atomic mass is 16.5. The first kappa shape index (κ1) is 11.4. The van der Waals surface area contributed by atoms with Gasteiger partial charge in [0.15, 0.2) is 0 Å². The summed E-state index contributed by atoms with van der Waals surface area (Å²) in [4.78, 5) is 0. The predicted octanol–water partition coefficient (Wildman–Crippen LogP) is 1.13. The summed E-state index contributed by atoms with van der Waals surface area (Å²) in [5.41, 5.74) is 6.88. The van der Waals surface area contributed by atoms with Crippen LogP contribution in [0.3, 0.4) is 0 Å². The Morgan fingerprint density at radius 3 is 2.27 bits per heavy atom. The quantitative estimate of drug-likeness (QED) is 0.737. The topological polar surface area (TPSA) is 47.3 Å². The molecule has 0 aromatic rings. The molecule has 88 valence electrons. The van der Waals surface area contributed by atoms with Gasteiger partial charge in [-0.2, -0.15) is 0 Å². The first-order valence-electron chi connectivity index (χ1n) is 5.90. The Bertz CT molecular complexity index is 240. The maximum absolute atomic E-state index is 6.22. The Balaban J connectivity index is 1.85. The molecule has 3 nitrogen and oxygen atoms in total. The van der Waals surface area contributed by atoms with Crippen molar-refractivity contribution in [2.75, 3.05) is 19.8 Å². The average Bonchev–Trinajstić information content (AvgIpc) is 2.51. The van der Waals surface area contributed by atoms with Gasteiger partial charge in [-0.3, -0.25) is 0 Å². The highest BCUT2D eigenvalue weighted by Gasteiger charge is 2.64. The highest BCUT2D eigenvalue weighted by molar-refractivity contribution is 5.18. The van der Waals surface area contributed by atoms with E-state index in [1.807, 2.05) is 0 Å². The second kappa shape index (κ2) is 3.19. The van der Waals surface area contributed by atoms with Crippen molar-refractivity contribution in [3.05, 3.63) is 0 Å². The van der Waals surface area contributed by atoms with Crippen LogP contribution >= 0.6 is 0 Å². The lowest BCUT2D eigenvalue weighted by atomic mass is 10.0. The Hall–Kier alpha value is -0.120. The van der Waals surface area contributed by atoms with Crippen molar-refractivity contribution in [2.24, 2.45) is 16.6 Å². The van der Waals surface area contributed by atoms with Crippen molar-refractivity contribution in [1.29, 1.82) is 0 Å². The van der Waals surface area contributed by atoms with Crippen molar-refractivity contribution in [2.45, 2.75) is 45.7 Å². The standard InChI is InChI=1S/C12H24N2O/c1-10(2)9(11(10,3)4)14-7-12(13)5-6-15-8-12/h9,14H,5-8,13H2,1-4H3. The van der Waals surface area contributed by atoms with E-state index < -0.39 is 0 Å². The van der Waals surface area contributed by atoms with E-state index in [2.05, 4.69) is 33.0 Å². The van der Waals surface area contributed by atoms with Crippen LogP contribution < -0.4 is 11.1 Å². The molecule has 1 atom stereocenters. The van der Waals surface area contributed by atoms with Crippen LogP contribution in [0.4, 0.5) is 0 Å². The number of ether oxygens (including phenoxy) is 1. The molecule has 3 N–H and O–H groups in total. The largest absolute Gasteiger partial charge is 0.379 e. The SMILES string of the molecule is CC1(C)C(NCC2(N)CCOC2)C1(C)C. The maximum atomic E-state index is 6.22. The number of rotatable bonds is 3. The number of hydrogen-bond donors (Lipinski definition) is 2. The second-order valence-corrected chi connectivity index (χ2v) is 6.42. The third kappa shape index (κ3) is 1.71. The zero-order valence-electron chi connectivity index (χ0n) is 10.4.